The first-order chi connectivity index (χ1) is 4.97. The molecule has 0 aromatic heterocycles. The van der Waals surface area contributed by atoms with Crippen molar-refractivity contribution in [2.75, 3.05) is 0 Å². The highest BCUT2D eigenvalue weighted by atomic mass is 14.1. The molecule has 1 atom stereocenters. The first kappa shape index (κ1) is 5.60. The molecule has 1 aliphatic carbocycles. The predicted octanol–water partition coefficient (Wildman–Crippen LogP) is 2.54. The van der Waals surface area contributed by atoms with E-state index in [-0.39, 0.29) is 0 Å². The highest BCUT2D eigenvalue weighted by Crippen LogP contribution is 2.27. The fourth-order valence-electron chi connectivity index (χ4n) is 1.12. The Bertz CT molecular complexity index is 233. The van der Waals surface area contributed by atoms with Gasteiger partial charge in [0.1, 0.15) is 5.92 Å². The van der Waals surface area contributed by atoms with Gasteiger partial charge in [0.2, 0.25) is 0 Å². The van der Waals surface area contributed by atoms with Crippen molar-refractivity contribution < 1.29 is 0 Å². The van der Waals surface area contributed by atoms with Crippen molar-refractivity contribution in [2.24, 2.45) is 0 Å². The summed E-state index contributed by atoms with van der Waals surface area (Å²) in [6.45, 7) is 0. The second-order valence-corrected chi connectivity index (χ2v) is 2.51. The van der Waals surface area contributed by atoms with Crippen LogP contribution in [0.3, 0.4) is 0 Å². The molecule has 2 rings (SSSR count). The largest absolute Gasteiger partial charge is 0.150 e. The Morgan fingerprint density at radius 1 is 1.10 bits per heavy atom. The maximum Gasteiger partial charge on any atom is 0.150 e. The summed E-state index contributed by atoms with van der Waals surface area (Å²) in [5.41, 5.74) is 1.39. The lowest BCUT2D eigenvalue weighted by molar-refractivity contribution is 0.960. The minimum Gasteiger partial charge on any atom is -0.0622 e. The zero-order valence-corrected chi connectivity index (χ0v) is 5.70. The van der Waals surface area contributed by atoms with Crippen LogP contribution in [0.25, 0.3) is 0 Å². The van der Waals surface area contributed by atoms with E-state index in [9.17, 15) is 0 Å². The highest BCUT2D eigenvalue weighted by molar-refractivity contribution is 5.35. The molecule has 0 bridgehead atoms. The highest BCUT2D eigenvalue weighted by Gasteiger charge is 2.21. The Morgan fingerprint density at radius 3 is 2.30 bits per heavy atom. The van der Waals surface area contributed by atoms with E-state index in [0.29, 0.717) is 5.92 Å². The third kappa shape index (κ3) is 0.820. The minimum atomic E-state index is 0.584. The summed E-state index contributed by atoms with van der Waals surface area (Å²) >= 11 is 0. The van der Waals surface area contributed by atoms with Crippen molar-refractivity contribution in [1.82, 2.24) is 0 Å². The maximum atomic E-state index is 2.20. The van der Waals surface area contributed by atoms with Crippen LogP contribution in [0, 0.1) is 6.42 Å². The van der Waals surface area contributed by atoms with Crippen LogP contribution in [-0.4, -0.2) is 0 Å². The van der Waals surface area contributed by atoms with E-state index in [0.717, 1.165) is 0 Å². The van der Waals surface area contributed by atoms with Gasteiger partial charge in [-0.3, -0.25) is 0 Å². The van der Waals surface area contributed by atoms with E-state index in [1.165, 1.54) is 5.56 Å². The molecule has 1 unspecified atom stereocenters. The summed E-state index contributed by atoms with van der Waals surface area (Å²) < 4.78 is 0. The predicted molar refractivity (Wildman–Crippen MR) is 42.6 cm³/mol. The van der Waals surface area contributed by atoms with Crippen molar-refractivity contribution in [3.8, 4) is 0 Å². The quantitative estimate of drug-likeness (QED) is 0.511. The van der Waals surface area contributed by atoms with Gasteiger partial charge in [-0.05, 0) is 0 Å². The molecule has 0 spiro atoms. The first-order valence-corrected chi connectivity index (χ1v) is 3.53. The van der Waals surface area contributed by atoms with E-state index in [4.69, 9.17) is 0 Å². The number of hydrogen-bond acceptors (Lipinski definition) is 0. The number of benzene rings is 1. The smallest absolute Gasteiger partial charge is 0.0622 e. The molecule has 1 aromatic rings. The van der Waals surface area contributed by atoms with Crippen LogP contribution < -0.4 is 0 Å². The van der Waals surface area contributed by atoms with E-state index in [2.05, 4.69) is 42.8 Å². The van der Waals surface area contributed by atoms with Crippen LogP contribution in [0.15, 0.2) is 42.5 Å². The topological polar surface area (TPSA) is 0 Å². The fraction of sp³-hybridized carbons (Fsp3) is 0.100. The van der Waals surface area contributed by atoms with Crippen molar-refractivity contribution >= 4 is 0 Å². The lowest BCUT2D eigenvalue weighted by Gasteiger charge is -2.06. The zero-order valence-electron chi connectivity index (χ0n) is 5.70. The number of hydrogen-bond donors (Lipinski definition) is 0. The maximum absolute atomic E-state index is 2.20. The van der Waals surface area contributed by atoms with E-state index in [1.54, 1.807) is 0 Å². The second kappa shape index (κ2) is 2.22. The average Bonchev–Trinajstić information content (AvgIpc) is 1.86. The Hall–Kier alpha value is -1.17. The van der Waals surface area contributed by atoms with Crippen LogP contribution >= 0.6 is 0 Å². The van der Waals surface area contributed by atoms with Gasteiger partial charge >= 0.3 is 0 Å². The third-order valence-electron chi connectivity index (χ3n) is 1.82. The normalized spacial score (nSPS) is 21.4. The Kier molecular flexibility index (Phi) is 1.24. The Morgan fingerprint density at radius 2 is 1.80 bits per heavy atom. The van der Waals surface area contributed by atoms with Crippen molar-refractivity contribution in [1.29, 1.82) is 0 Å². The molecule has 1 aliphatic rings. The fourth-order valence-corrected chi connectivity index (χ4v) is 1.12. The molecule has 0 heterocycles. The van der Waals surface area contributed by atoms with Crippen LogP contribution in [0.2, 0.25) is 0 Å². The summed E-state index contributed by atoms with van der Waals surface area (Å²) in [4.78, 5) is 0. The summed E-state index contributed by atoms with van der Waals surface area (Å²) in [6.07, 6.45) is 6.50. The van der Waals surface area contributed by atoms with Crippen molar-refractivity contribution in [2.45, 2.75) is 5.92 Å². The molecule has 0 aliphatic heterocycles. The average molecular weight is 129 g/mol. The number of allylic oxidation sites excluding steroid dienone is 2. The molecule has 48 valence electrons. The van der Waals surface area contributed by atoms with Crippen LogP contribution in [0.5, 0.6) is 0 Å². The van der Waals surface area contributed by atoms with E-state index < -0.39 is 0 Å². The van der Waals surface area contributed by atoms with Gasteiger partial charge in [0, 0.05) is 5.56 Å². The molecule has 0 saturated carbocycles. The molecular formula is C10H9+. The molecule has 0 heteroatoms. The van der Waals surface area contributed by atoms with E-state index in [1.807, 2.05) is 6.07 Å². The van der Waals surface area contributed by atoms with Gasteiger partial charge in [-0.1, -0.05) is 30.3 Å². The molecule has 0 amide bonds. The SMILES string of the molecule is C1=CC(c2ccccc2)[CH+]1. The van der Waals surface area contributed by atoms with Gasteiger partial charge in [-0.15, -0.1) is 0 Å². The second-order valence-electron chi connectivity index (χ2n) is 2.51. The standard InChI is InChI=1S/C10H9/c1-2-5-9(6-3-1)10-7-4-8-10/h1-8,10H/q+1. The summed E-state index contributed by atoms with van der Waals surface area (Å²) in [7, 11) is 0. The number of rotatable bonds is 1. The first-order valence-electron chi connectivity index (χ1n) is 3.53. The lowest BCUT2D eigenvalue weighted by Crippen LogP contribution is -2.00. The summed E-state index contributed by atoms with van der Waals surface area (Å²) in [5.74, 6) is 0.584. The summed E-state index contributed by atoms with van der Waals surface area (Å²) in [6, 6.07) is 10.5. The monoisotopic (exact) mass is 129 g/mol. The van der Waals surface area contributed by atoms with Gasteiger partial charge in [-0.25, -0.2) is 0 Å². The van der Waals surface area contributed by atoms with Gasteiger partial charge in [-0.2, -0.15) is 0 Å². The molecule has 0 saturated heterocycles. The molecule has 0 nitrogen and oxygen atoms in total. The lowest BCUT2D eigenvalue weighted by atomic mass is 9.88. The molecular weight excluding hydrogens is 120 g/mol. The Labute approximate surface area is 61.2 Å². The van der Waals surface area contributed by atoms with Crippen molar-refractivity contribution in [3.05, 3.63) is 54.5 Å². The molecule has 0 N–H and O–H groups in total. The third-order valence-corrected chi connectivity index (χ3v) is 1.82. The van der Waals surface area contributed by atoms with Crippen molar-refractivity contribution in [3.63, 3.8) is 0 Å². The molecule has 0 radical (unpaired) electrons. The van der Waals surface area contributed by atoms with Gasteiger partial charge in [0.05, 0.1) is 18.6 Å². The van der Waals surface area contributed by atoms with Gasteiger partial charge in [0.15, 0.2) is 0 Å². The summed E-state index contributed by atoms with van der Waals surface area (Å²) in [5, 5.41) is 0. The van der Waals surface area contributed by atoms with E-state index >= 15 is 0 Å². The Balaban J connectivity index is 2.26. The van der Waals surface area contributed by atoms with Gasteiger partial charge in [0.25, 0.3) is 0 Å². The van der Waals surface area contributed by atoms with Crippen LogP contribution in [-0.2, 0) is 0 Å². The zero-order chi connectivity index (χ0) is 6.81. The molecule has 0 fully saturated rings. The van der Waals surface area contributed by atoms with Gasteiger partial charge < -0.3 is 0 Å². The molecule has 1 aromatic carbocycles. The van der Waals surface area contributed by atoms with Crippen LogP contribution in [0.1, 0.15) is 11.5 Å². The molecule has 10 heavy (non-hydrogen) atoms. The minimum absolute atomic E-state index is 0.584. The van der Waals surface area contributed by atoms with Crippen LogP contribution in [0.4, 0.5) is 0 Å².